The molecule has 9 nitrogen and oxygen atoms in total. The van der Waals surface area contributed by atoms with Crippen LogP contribution in [0, 0.1) is 18.8 Å². The van der Waals surface area contributed by atoms with Crippen LogP contribution in [0.5, 0.6) is 0 Å². The van der Waals surface area contributed by atoms with Crippen LogP contribution in [-0.2, 0) is 9.73 Å². The molecule has 5 rings (SSSR count). The molecule has 0 aliphatic carbocycles. The fourth-order valence-corrected chi connectivity index (χ4v) is 6.68. The van der Waals surface area contributed by atoms with Gasteiger partial charge in [0.2, 0.25) is 0 Å². The molecule has 220 valence electrons. The average molecular weight is 597 g/mol. The molecule has 2 unspecified atom stereocenters. The van der Waals surface area contributed by atoms with Gasteiger partial charge in [0.05, 0.1) is 27.7 Å². The summed E-state index contributed by atoms with van der Waals surface area (Å²) >= 11 is 0. The third-order valence-corrected chi connectivity index (χ3v) is 9.32. The van der Waals surface area contributed by atoms with Crippen LogP contribution in [0.4, 0.5) is 5.69 Å². The number of rotatable bonds is 8. The fourth-order valence-electron chi connectivity index (χ4n) is 4.77. The second-order valence-corrected chi connectivity index (χ2v) is 12.7. The van der Waals surface area contributed by atoms with Gasteiger partial charge in [-0.25, -0.2) is 4.21 Å². The highest BCUT2D eigenvalue weighted by Gasteiger charge is 2.22. The van der Waals surface area contributed by atoms with Crippen molar-refractivity contribution in [3.8, 4) is 11.8 Å². The number of hydrogen-bond acceptors (Lipinski definition) is 7. The van der Waals surface area contributed by atoms with Crippen molar-refractivity contribution in [2.75, 3.05) is 30.7 Å². The van der Waals surface area contributed by atoms with E-state index < -0.39 is 15.6 Å². The predicted molar refractivity (Wildman–Crippen MR) is 164 cm³/mol. The summed E-state index contributed by atoms with van der Waals surface area (Å²) in [7, 11) is -3.04. The first kappa shape index (κ1) is 29.9. The Bertz CT molecular complexity index is 1800. The zero-order valence-corrected chi connectivity index (χ0v) is 24.5. The summed E-state index contributed by atoms with van der Waals surface area (Å²) in [6.07, 6.45) is 5.37. The van der Waals surface area contributed by atoms with E-state index in [0.717, 1.165) is 18.5 Å². The van der Waals surface area contributed by atoms with Crippen molar-refractivity contribution >= 4 is 27.2 Å². The van der Waals surface area contributed by atoms with E-state index >= 15 is 0 Å². The van der Waals surface area contributed by atoms with Crippen LogP contribution >= 0.6 is 0 Å². The largest absolute Gasteiger partial charge is 0.459 e. The van der Waals surface area contributed by atoms with Gasteiger partial charge in [-0.2, -0.15) is 4.36 Å². The quantitative estimate of drug-likeness (QED) is 0.281. The molecule has 2 aromatic carbocycles. The van der Waals surface area contributed by atoms with Crippen molar-refractivity contribution in [1.82, 2.24) is 9.88 Å². The van der Waals surface area contributed by atoms with E-state index in [-0.39, 0.29) is 29.1 Å². The minimum atomic E-state index is -3.04. The smallest absolute Gasteiger partial charge is 0.291 e. The number of aryl methyl sites for hydroxylation is 1. The number of aliphatic hydroxyl groups excluding tert-OH is 1. The van der Waals surface area contributed by atoms with E-state index in [4.69, 9.17) is 4.42 Å². The van der Waals surface area contributed by atoms with E-state index in [1.807, 2.05) is 6.07 Å². The number of pyridine rings is 1. The van der Waals surface area contributed by atoms with E-state index in [9.17, 15) is 18.9 Å². The summed E-state index contributed by atoms with van der Waals surface area (Å²) in [4.78, 5) is 32.5. The molecule has 2 aromatic heterocycles. The van der Waals surface area contributed by atoms with E-state index in [1.165, 1.54) is 18.7 Å². The highest BCUT2D eigenvalue weighted by molar-refractivity contribution is 7.94. The van der Waals surface area contributed by atoms with Crippen molar-refractivity contribution in [3.05, 3.63) is 113 Å². The molecule has 1 aliphatic rings. The van der Waals surface area contributed by atoms with Crippen LogP contribution in [0.15, 0.2) is 99.1 Å². The number of β-amino-alcohol motifs (C(OH)–C–C–N with tert-alkyl or cyclic N) is 1. The lowest BCUT2D eigenvalue weighted by Crippen LogP contribution is -2.25. The number of anilines is 1. The van der Waals surface area contributed by atoms with Gasteiger partial charge < -0.3 is 19.7 Å². The molecule has 43 heavy (non-hydrogen) atoms. The Morgan fingerprint density at radius 3 is 2.65 bits per heavy atom. The summed E-state index contributed by atoms with van der Waals surface area (Å²) in [5.74, 6) is 5.52. The highest BCUT2D eigenvalue weighted by atomic mass is 32.2. The van der Waals surface area contributed by atoms with Crippen LogP contribution in [-0.4, -0.2) is 62.5 Å². The van der Waals surface area contributed by atoms with Crippen LogP contribution in [0.1, 0.15) is 50.4 Å². The summed E-state index contributed by atoms with van der Waals surface area (Å²) in [6, 6.07) is 19.2. The molecule has 2 amide bonds. The van der Waals surface area contributed by atoms with Crippen LogP contribution in [0.2, 0.25) is 0 Å². The minimum Gasteiger partial charge on any atom is -0.459 e. The van der Waals surface area contributed by atoms with Gasteiger partial charge in [0, 0.05) is 58.5 Å². The SMILES string of the molecule is Cc1ccoc1C(=O)Nc1cccc(C#Cc2cncc(C(=O)N=S(=O)(CCCN3CCC(O)C3)c3ccccc3)c2)c1. The van der Waals surface area contributed by atoms with E-state index in [2.05, 4.69) is 31.4 Å². The van der Waals surface area contributed by atoms with Gasteiger partial charge in [-0.3, -0.25) is 14.6 Å². The standard InChI is InChI=1S/C33H32N4O5S/c1-24-14-17-42-31(24)33(40)35-28-8-5-7-25(20-28)11-12-26-19-27(22-34-21-26)32(39)36-43(41,30-9-3-2-4-10-30)18-6-15-37-16-13-29(38)23-37/h2-5,7-10,14,17,19-22,29,38H,6,13,15-16,18,23H2,1H3,(H,35,40). The molecule has 4 aromatic rings. The number of furan rings is 1. The van der Waals surface area contributed by atoms with Crippen molar-refractivity contribution in [2.45, 2.75) is 30.8 Å². The average Bonchev–Trinajstić information content (AvgIpc) is 3.64. The Morgan fingerprint density at radius 1 is 1.09 bits per heavy atom. The van der Waals surface area contributed by atoms with Gasteiger partial charge in [-0.05, 0) is 68.8 Å². The molecule has 3 heterocycles. The lowest BCUT2D eigenvalue weighted by atomic mass is 10.1. The highest BCUT2D eigenvalue weighted by Crippen LogP contribution is 2.19. The number of amides is 2. The topological polar surface area (TPSA) is 125 Å². The number of aromatic nitrogens is 1. The van der Waals surface area contributed by atoms with Crippen molar-refractivity contribution in [2.24, 2.45) is 4.36 Å². The van der Waals surface area contributed by atoms with Gasteiger partial charge in [-0.1, -0.05) is 36.1 Å². The molecule has 1 saturated heterocycles. The molecular formula is C33H32N4O5S. The van der Waals surface area contributed by atoms with Gasteiger partial charge in [0.1, 0.15) is 0 Å². The number of nitrogens with zero attached hydrogens (tertiary/aromatic N) is 3. The second-order valence-electron chi connectivity index (χ2n) is 10.3. The van der Waals surface area contributed by atoms with Crippen LogP contribution in [0.25, 0.3) is 0 Å². The van der Waals surface area contributed by atoms with Gasteiger partial charge in [0.15, 0.2) is 5.76 Å². The summed E-state index contributed by atoms with van der Waals surface area (Å²) < 4.78 is 23.6. The normalized spacial score (nSPS) is 16.1. The molecule has 2 atom stereocenters. The monoisotopic (exact) mass is 596 g/mol. The number of nitrogens with one attached hydrogen (secondary N) is 1. The Labute approximate surface area is 251 Å². The third-order valence-electron chi connectivity index (χ3n) is 7.01. The number of hydrogen-bond donors (Lipinski definition) is 2. The second kappa shape index (κ2) is 13.6. The molecule has 10 heteroatoms. The number of carbonyl (C=O) groups excluding carboxylic acids is 2. The molecule has 0 radical (unpaired) electrons. The van der Waals surface area contributed by atoms with Crippen LogP contribution in [0.3, 0.4) is 0 Å². The molecule has 0 spiro atoms. The van der Waals surface area contributed by atoms with Crippen LogP contribution < -0.4 is 5.32 Å². The molecule has 1 fully saturated rings. The Morgan fingerprint density at radius 2 is 1.91 bits per heavy atom. The Kier molecular flexibility index (Phi) is 9.47. The molecule has 0 bridgehead atoms. The summed E-state index contributed by atoms with van der Waals surface area (Å²) in [5.41, 5.74) is 2.62. The molecule has 1 aliphatic heterocycles. The first-order valence-corrected chi connectivity index (χ1v) is 15.6. The van der Waals surface area contributed by atoms with Gasteiger partial charge in [-0.15, -0.1) is 0 Å². The predicted octanol–water partition coefficient (Wildman–Crippen LogP) is 4.76. The maximum atomic E-state index is 14.1. The van der Waals surface area contributed by atoms with Crippen molar-refractivity contribution in [1.29, 1.82) is 0 Å². The molecule has 0 saturated carbocycles. The first-order valence-electron chi connectivity index (χ1n) is 14.0. The van der Waals surface area contributed by atoms with Crippen molar-refractivity contribution < 1.29 is 23.3 Å². The minimum absolute atomic E-state index is 0.188. The number of aliphatic hydroxyl groups is 1. The van der Waals surface area contributed by atoms with E-state index in [0.29, 0.717) is 41.2 Å². The maximum Gasteiger partial charge on any atom is 0.291 e. The Balaban J connectivity index is 1.32. The lowest BCUT2D eigenvalue weighted by Gasteiger charge is -2.16. The Hall–Kier alpha value is -4.56. The summed E-state index contributed by atoms with van der Waals surface area (Å²) in [5, 5.41) is 12.6. The first-order chi connectivity index (χ1) is 20.8. The van der Waals surface area contributed by atoms with Crippen molar-refractivity contribution in [3.63, 3.8) is 0 Å². The zero-order valence-electron chi connectivity index (χ0n) is 23.7. The molecular weight excluding hydrogens is 564 g/mol. The van der Waals surface area contributed by atoms with Gasteiger partial charge in [0.25, 0.3) is 11.8 Å². The number of benzene rings is 2. The molecule has 2 N–H and O–H groups in total. The summed E-state index contributed by atoms with van der Waals surface area (Å²) in [6.45, 7) is 3.87. The zero-order chi connectivity index (χ0) is 30.2. The number of carbonyl (C=O) groups is 2. The van der Waals surface area contributed by atoms with Gasteiger partial charge >= 0.3 is 0 Å². The van der Waals surface area contributed by atoms with E-state index in [1.54, 1.807) is 67.6 Å². The fraction of sp³-hybridized carbons (Fsp3) is 0.242. The maximum absolute atomic E-state index is 14.1. The number of likely N-dealkylation sites (tertiary alicyclic amines) is 1. The lowest BCUT2D eigenvalue weighted by molar-refractivity contribution is 0.0991. The third kappa shape index (κ3) is 7.84.